The number of phenolic OH excluding ortho intramolecular Hbond substituents is 2. The van der Waals surface area contributed by atoms with Gasteiger partial charge in [0.1, 0.15) is 11.5 Å². The van der Waals surface area contributed by atoms with Crippen molar-refractivity contribution in [3.63, 3.8) is 0 Å². The highest BCUT2D eigenvalue weighted by molar-refractivity contribution is 5.93. The van der Waals surface area contributed by atoms with E-state index in [1.807, 2.05) is 34.1 Å². The normalized spacial score (nSPS) is 16.3. The molecule has 6 heteroatoms. The van der Waals surface area contributed by atoms with Crippen LogP contribution in [0.15, 0.2) is 72.8 Å². The highest BCUT2D eigenvalue weighted by Gasteiger charge is 2.27. The summed E-state index contributed by atoms with van der Waals surface area (Å²) in [5.74, 6) is 0.283. The second kappa shape index (κ2) is 14.0. The third-order valence-corrected chi connectivity index (χ3v) is 9.97. The van der Waals surface area contributed by atoms with Crippen molar-refractivity contribution in [3.8, 4) is 11.5 Å². The molecule has 2 aliphatic rings. The minimum atomic E-state index is -0.354. The number of carbonyl (C=O) groups is 2. The lowest BCUT2D eigenvalue weighted by Crippen LogP contribution is -2.34. The molecule has 3 aromatic carbocycles. The molecule has 6 nitrogen and oxygen atoms in total. The number of aromatic hydroxyl groups is 2. The lowest BCUT2D eigenvalue weighted by molar-refractivity contribution is -0.127. The van der Waals surface area contributed by atoms with Gasteiger partial charge in [-0.15, -0.1) is 0 Å². The van der Waals surface area contributed by atoms with Crippen molar-refractivity contribution < 1.29 is 19.8 Å². The van der Waals surface area contributed by atoms with E-state index in [4.69, 9.17) is 0 Å². The van der Waals surface area contributed by atoms with Crippen LogP contribution in [-0.2, 0) is 20.4 Å². The lowest BCUT2D eigenvalue weighted by Gasteiger charge is -2.30. The Morgan fingerprint density at radius 1 is 0.543 bits per heavy atom. The zero-order valence-electron chi connectivity index (χ0n) is 27.8. The quantitative estimate of drug-likeness (QED) is 0.252. The van der Waals surface area contributed by atoms with Crippen molar-refractivity contribution in [2.24, 2.45) is 0 Å². The molecule has 2 amide bonds. The number of nitrogens with zero attached hydrogens (tertiary/aromatic N) is 2. The molecule has 0 spiro atoms. The van der Waals surface area contributed by atoms with E-state index < -0.39 is 0 Å². The number of benzene rings is 3. The second-order valence-electron chi connectivity index (χ2n) is 13.8. The average Bonchev–Trinajstić information content (AvgIpc) is 3.07. The van der Waals surface area contributed by atoms with Crippen LogP contribution in [0, 0.1) is 0 Å². The fraction of sp³-hybridized carbons (Fsp3) is 0.400. The molecule has 2 saturated heterocycles. The van der Waals surface area contributed by atoms with Crippen molar-refractivity contribution in [3.05, 3.63) is 106 Å². The maximum Gasteiger partial charge on any atom is 0.246 e. The predicted octanol–water partition coefficient (Wildman–Crippen LogP) is 7.80. The van der Waals surface area contributed by atoms with Crippen LogP contribution in [0.4, 0.5) is 0 Å². The summed E-state index contributed by atoms with van der Waals surface area (Å²) < 4.78 is 0. The van der Waals surface area contributed by atoms with Crippen LogP contribution in [0.3, 0.4) is 0 Å². The molecule has 0 saturated carbocycles. The molecule has 0 aromatic heterocycles. The molecule has 5 rings (SSSR count). The number of hydrogen-bond acceptors (Lipinski definition) is 4. The summed E-state index contributed by atoms with van der Waals surface area (Å²) in [6, 6.07) is 19.8. The van der Waals surface area contributed by atoms with Crippen molar-refractivity contribution in [2.75, 3.05) is 26.2 Å². The maximum absolute atomic E-state index is 12.7. The molecule has 2 aliphatic heterocycles. The lowest BCUT2D eigenvalue weighted by atomic mass is 9.74. The fourth-order valence-corrected chi connectivity index (χ4v) is 6.55. The van der Waals surface area contributed by atoms with Gasteiger partial charge in [-0.2, -0.15) is 0 Å². The molecule has 0 unspecified atom stereocenters. The van der Waals surface area contributed by atoms with Crippen LogP contribution < -0.4 is 0 Å². The summed E-state index contributed by atoms with van der Waals surface area (Å²) in [5.41, 5.74) is 4.88. The third kappa shape index (κ3) is 7.38. The maximum atomic E-state index is 12.7. The number of amides is 2. The molecule has 2 heterocycles. The number of phenols is 2. The predicted molar refractivity (Wildman–Crippen MR) is 186 cm³/mol. The summed E-state index contributed by atoms with van der Waals surface area (Å²) >= 11 is 0. The van der Waals surface area contributed by atoms with E-state index in [-0.39, 0.29) is 34.1 Å². The molecule has 0 bridgehead atoms. The van der Waals surface area contributed by atoms with Gasteiger partial charge in [0.25, 0.3) is 0 Å². The van der Waals surface area contributed by atoms with E-state index in [9.17, 15) is 19.8 Å². The molecule has 0 radical (unpaired) electrons. The van der Waals surface area contributed by atoms with Gasteiger partial charge in [0.05, 0.1) is 0 Å². The standard InChI is InChI=1S/C40H48N2O4/c1-39(2,33-17-19-35(43)29(27-33)11-21-37(45)41-23-7-5-8-24-41)31-13-15-32(16-14-31)40(3,4)34-18-20-36(44)30(28-34)12-22-38(46)42-25-9-6-10-26-42/h11-22,27-28,43-44H,5-10,23-26H2,1-4H3/b21-11+,22-12+. The minimum Gasteiger partial charge on any atom is -0.507 e. The zero-order chi connectivity index (χ0) is 32.9. The highest BCUT2D eigenvalue weighted by atomic mass is 16.3. The van der Waals surface area contributed by atoms with E-state index in [0.717, 1.165) is 74.1 Å². The Bertz CT molecular complexity index is 1480. The Balaban J connectivity index is 1.33. The Hall–Kier alpha value is -4.32. The Morgan fingerprint density at radius 2 is 0.870 bits per heavy atom. The summed E-state index contributed by atoms with van der Waals surface area (Å²) in [4.78, 5) is 29.1. The molecule has 3 aromatic rings. The van der Waals surface area contributed by atoms with E-state index in [1.54, 1.807) is 36.4 Å². The smallest absolute Gasteiger partial charge is 0.246 e. The van der Waals surface area contributed by atoms with Crippen molar-refractivity contribution in [1.82, 2.24) is 9.80 Å². The highest BCUT2D eigenvalue weighted by Crippen LogP contribution is 2.38. The molecule has 2 N–H and O–H groups in total. The monoisotopic (exact) mass is 620 g/mol. The van der Waals surface area contributed by atoms with Crippen LogP contribution in [0.25, 0.3) is 12.2 Å². The first-order valence-electron chi connectivity index (χ1n) is 16.7. The molecule has 0 atom stereocenters. The van der Waals surface area contributed by atoms with Gasteiger partial charge >= 0.3 is 0 Å². The topological polar surface area (TPSA) is 81.1 Å². The van der Waals surface area contributed by atoms with Crippen LogP contribution in [-0.4, -0.2) is 58.0 Å². The molecule has 0 aliphatic carbocycles. The summed E-state index contributed by atoms with van der Waals surface area (Å²) in [5, 5.41) is 21.1. The zero-order valence-corrected chi connectivity index (χ0v) is 27.8. The van der Waals surface area contributed by atoms with Crippen LogP contribution in [0.5, 0.6) is 11.5 Å². The summed E-state index contributed by atoms with van der Waals surface area (Å²) in [7, 11) is 0. The van der Waals surface area contributed by atoms with E-state index in [0.29, 0.717) is 11.1 Å². The van der Waals surface area contributed by atoms with Gasteiger partial charge in [0.2, 0.25) is 11.8 Å². The average molecular weight is 621 g/mol. The Kier molecular flexibility index (Phi) is 10.0. The second-order valence-corrected chi connectivity index (χ2v) is 13.8. The van der Waals surface area contributed by atoms with Gasteiger partial charge in [-0.25, -0.2) is 0 Å². The minimum absolute atomic E-state index is 0.00956. The number of rotatable bonds is 8. The summed E-state index contributed by atoms with van der Waals surface area (Å²) in [6.07, 6.45) is 13.1. The number of hydrogen-bond donors (Lipinski definition) is 2. The van der Waals surface area contributed by atoms with Gasteiger partial charge < -0.3 is 20.0 Å². The van der Waals surface area contributed by atoms with Crippen molar-refractivity contribution >= 4 is 24.0 Å². The van der Waals surface area contributed by atoms with Crippen molar-refractivity contribution in [2.45, 2.75) is 77.0 Å². The third-order valence-electron chi connectivity index (χ3n) is 9.97. The van der Waals surface area contributed by atoms with Gasteiger partial charge in [-0.3, -0.25) is 9.59 Å². The van der Waals surface area contributed by atoms with Crippen LogP contribution in [0.1, 0.15) is 99.6 Å². The van der Waals surface area contributed by atoms with Crippen molar-refractivity contribution in [1.29, 1.82) is 0 Å². The van der Waals surface area contributed by atoms with Gasteiger partial charge in [-0.05, 0) is 97.2 Å². The molecule has 242 valence electrons. The Morgan fingerprint density at radius 3 is 1.22 bits per heavy atom. The molecular formula is C40H48N2O4. The van der Waals surface area contributed by atoms with Gasteiger partial charge in [0.15, 0.2) is 0 Å². The number of carbonyl (C=O) groups excluding carboxylic acids is 2. The van der Waals surface area contributed by atoms with Gasteiger partial charge in [0, 0.05) is 60.3 Å². The first-order valence-corrected chi connectivity index (χ1v) is 16.7. The van der Waals surface area contributed by atoms with Gasteiger partial charge in [-0.1, -0.05) is 64.1 Å². The summed E-state index contributed by atoms with van der Waals surface area (Å²) in [6.45, 7) is 11.8. The van der Waals surface area contributed by atoms with E-state index >= 15 is 0 Å². The number of likely N-dealkylation sites (tertiary alicyclic amines) is 2. The number of piperidine rings is 2. The Labute approximate surface area is 274 Å². The van der Waals surface area contributed by atoms with E-state index in [1.165, 1.54) is 12.8 Å². The van der Waals surface area contributed by atoms with Crippen LogP contribution in [0.2, 0.25) is 0 Å². The first kappa shape index (κ1) is 33.1. The molecular weight excluding hydrogens is 572 g/mol. The fourth-order valence-electron chi connectivity index (χ4n) is 6.55. The molecule has 2 fully saturated rings. The van der Waals surface area contributed by atoms with Crippen LogP contribution >= 0.6 is 0 Å². The first-order chi connectivity index (χ1) is 22.0. The largest absolute Gasteiger partial charge is 0.507 e. The SMILES string of the molecule is CC(C)(c1ccc(C(C)(C)c2ccc(O)c(/C=C/C(=O)N3CCCCC3)c2)cc1)c1ccc(O)c(/C=C/C(=O)N2CCCCC2)c1. The van der Waals surface area contributed by atoms with E-state index in [2.05, 4.69) is 52.0 Å². The molecule has 46 heavy (non-hydrogen) atoms.